The van der Waals surface area contributed by atoms with E-state index in [0.717, 1.165) is 17.1 Å². The van der Waals surface area contributed by atoms with E-state index in [1.165, 1.54) is 6.20 Å². The number of benzene rings is 2. The molecule has 1 N–H and O–H groups in total. The highest BCUT2D eigenvalue weighted by atomic mass is 16.1. The first-order valence-corrected chi connectivity index (χ1v) is 8.32. The predicted molar refractivity (Wildman–Crippen MR) is 111 cm³/mol. The van der Waals surface area contributed by atoms with Crippen LogP contribution in [0.3, 0.4) is 0 Å². The van der Waals surface area contributed by atoms with Crippen LogP contribution in [-0.2, 0) is 11.8 Å². The molecule has 1 amide bonds. The van der Waals surface area contributed by atoms with Crippen LogP contribution in [0, 0.1) is 6.92 Å². The monoisotopic (exact) mass is 376 g/mol. The molecule has 28 heavy (non-hydrogen) atoms. The standard InChI is InChI=1S/C22H19N5O/c1-15-23-14-20(27(15)2)17-9-10-18-13-24-22(25-19(18)12-17)26-21(28)11-8-16-6-4-3-5-7-16/h3-14H,1-2H3,(H,24,25,26,28)/b11-8+/i3D,4D,5D,6D,7D,8D,11D. The summed E-state index contributed by atoms with van der Waals surface area (Å²) in [4.78, 5) is 25.3. The maximum atomic E-state index is 12.6. The van der Waals surface area contributed by atoms with Gasteiger partial charge >= 0.3 is 0 Å². The highest BCUT2D eigenvalue weighted by Gasteiger charge is 2.08. The zero-order valence-electron chi connectivity index (χ0n) is 22.1. The molecule has 6 heteroatoms. The Bertz CT molecular complexity index is 1520. The summed E-state index contributed by atoms with van der Waals surface area (Å²) < 4.78 is 57.1. The van der Waals surface area contributed by atoms with Gasteiger partial charge in [-0.3, -0.25) is 10.1 Å². The van der Waals surface area contributed by atoms with Crippen LogP contribution in [0.15, 0.2) is 66.9 Å². The molecule has 0 aliphatic carbocycles. The van der Waals surface area contributed by atoms with Crippen LogP contribution >= 0.6 is 0 Å². The van der Waals surface area contributed by atoms with Crippen molar-refractivity contribution in [1.82, 2.24) is 19.5 Å². The number of amides is 1. The molecular formula is C22H19N5O. The number of rotatable bonds is 4. The lowest BCUT2D eigenvalue weighted by Gasteiger charge is -2.06. The summed E-state index contributed by atoms with van der Waals surface area (Å²) in [5.74, 6) is -0.324. The second kappa shape index (κ2) is 7.44. The molecule has 4 aromatic rings. The summed E-state index contributed by atoms with van der Waals surface area (Å²) in [7, 11) is 1.89. The van der Waals surface area contributed by atoms with E-state index in [1.807, 2.05) is 36.7 Å². The number of anilines is 1. The maximum Gasteiger partial charge on any atom is 0.250 e. The second-order valence-corrected chi connectivity index (χ2v) is 5.92. The Balaban J connectivity index is 1.68. The predicted octanol–water partition coefficient (Wildman–Crippen LogP) is 3.99. The Kier molecular flexibility index (Phi) is 2.96. The van der Waals surface area contributed by atoms with Crippen LogP contribution in [0.2, 0.25) is 0 Å². The van der Waals surface area contributed by atoms with Crippen LogP contribution in [0.1, 0.15) is 21.0 Å². The number of hydrogen-bond donors (Lipinski definition) is 1. The molecule has 2 aromatic carbocycles. The fraction of sp³-hybridized carbons (Fsp3) is 0.0909. The Morgan fingerprint density at radius 1 is 1.21 bits per heavy atom. The first-order valence-electron chi connectivity index (χ1n) is 11.8. The summed E-state index contributed by atoms with van der Waals surface area (Å²) in [6, 6.07) is 0.553. The average Bonchev–Trinajstić information content (AvgIpc) is 3.18. The lowest BCUT2D eigenvalue weighted by Crippen LogP contribution is -2.10. The van der Waals surface area contributed by atoms with Crippen molar-refractivity contribution in [3.63, 3.8) is 0 Å². The lowest BCUT2D eigenvalue weighted by molar-refractivity contribution is -0.111. The van der Waals surface area contributed by atoms with Gasteiger partial charge in [-0.25, -0.2) is 15.0 Å². The molecule has 0 saturated carbocycles. The zero-order chi connectivity index (χ0) is 25.6. The van der Waals surface area contributed by atoms with Gasteiger partial charge < -0.3 is 4.57 Å². The molecule has 2 aromatic heterocycles. The van der Waals surface area contributed by atoms with Gasteiger partial charge in [-0.2, -0.15) is 0 Å². The first kappa shape index (κ1) is 11.1. The zero-order valence-corrected chi connectivity index (χ0v) is 15.1. The molecule has 0 atom stereocenters. The van der Waals surface area contributed by atoms with Gasteiger partial charge in [0.2, 0.25) is 5.95 Å². The van der Waals surface area contributed by atoms with E-state index in [0.29, 0.717) is 10.9 Å². The van der Waals surface area contributed by atoms with Gasteiger partial charge in [-0.15, -0.1) is 0 Å². The third kappa shape index (κ3) is 3.66. The fourth-order valence-electron chi connectivity index (χ4n) is 2.58. The number of nitrogens with one attached hydrogen (secondary N) is 1. The number of carbonyl (C=O) groups excluding carboxylic acids is 1. The summed E-state index contributed by atoms with van der Waals surface area (Å²) in [5, 5.41) is 3.06. The third-order valence-electron chi connectivity index (χ3n) is 4.13. The van der Waals surface area contributed by atoms with Crippen molar-refractivity contribution in [2.45, 2.75) is 6.92 Å². The number of aromatic nitrogens is 4. The molecule has 4 rings (SSSR count). The SMILES string of the molecule is [2H]/C(C(=O)Nc1ncc2ccc(-c3cnc(C)n3C)cc2n1)=C(/[2H])c1c([2H])c([2H])c([2H])c([2H])c1[2H]. The smallest absolute Gasteiger partial charge is 0.250 e. The molecule has 2 heterocycles. The average molecular weight is 376 g/mol. The van der Waals surface area contributed by atoms with Gasteiger partial charge in [0.05, 0.1) is 27.0 Å². The molecule has 0 spiro atoms. The Morgan fingerprint density at radius 2 is 2.04 bits per heavy atom. The molecule has 0 fully saturated rings. The van der Waals surface area contributed by atoms with Crippen molar-refractivity contribution in [2.24, 2.45) is 7.05 Å². The van der Waals surface area contributed by atoms with Crippen molar-refractivity contribution in [3.8, 4) is 11.3 Å². The van der Waals surface area contributed by atoms with Gasteiger partial charge in [-0.05, 0) is 24.6 Å². The number of fused-ring (bicyclic) bond motifs is 1. The first-order chi connectivity index (χ1) is 16.5. The van der Waals surface area contributed by atoms with E-state index in [4.69, 9.17) is 9.60 Å². The molecule has 0 saturated heterocycles. The van der Waals surface area contributed by atoms with Gasteiger partial charge in [0.15, 0.2) is 0 Å². The normalized spacial score (nSPS) is 15.4. The number of carbonyl (C=O) groups is 1. The largest absolute Gasteiger partial charge is 0.331 e. The van der Waals surface area contributed by atoms with Crippen molar-refractivity contribution < 1.29 is 14.4 Å². The van der Waals surface area contributed by atoms with Crippen LogP contribution in [0.4, 0.5) is 5.95 Å². The molecule has 6 nitrogen and oxygen atoms in total. The number of imidazole rings is 1. The van der Waals surface area contributed by atoms with E-state index < -0.39 is 53.8 Å². The molecule has 0 bridgehead atoms. The Labute approximate surface area is 172 Å². The Hall–Kier alpha value is -3.80. The summed E-state index contributed by atoms with van der Waals surface area (Å²) in [6.07, 6.45) is 3.24. The molecule has 0 radical (unpaired) electrons. The van der Waals surface area contributed by atoms with E-state index in [9.17, 15) is 4.79 Å². The van der Waals surface area contributed by atoms with Crippen molar-refractivity contribution in [2.75, 3.05) is 5.32 Å². The van der Waals surface area contributed by atoms with Crippen molar-refractivity contribution >= 4 is 28.8 Å². The van der Waals surface area contributed by atoms with E-state index >= 15 is 0 Å². The number of hydrogen-bond acceptors (Lipinski definition) is 4. The van der Waals surface area contributed by atoms with Crippen molar-refractivity contribution in [3.05, 3.63) is 78.2 Å². The van der Waals surface area contributed by atoms with Crippen molar-refractivity contribution in [1.29, 1.82) is 0 Å². The van der Waals surface area contributed by atoms with Crippen LogP contribution in [0.25, 0.3) is 28.2 Å². The second-order valence-electron chi connectivity index (χ2n) is 5.92. The van der Waals surface area contributed by atoms with E-state index in [2.05, 4.69) is 20.3 Å². The van der Waals surface area contributed by atoms with Gasteiger partial charge in [0.25, 0.3) is 5.91 Å². The maximum absolute atomic E-state index is 12.6. The molecule has 0 unspecified atom stereocenters. The minimum atomic E-state index is -1.06. The third-order valence-corrected chi connectivity index (χ3v) is 4.13. The minimum Gasteiger partial charge on any atom is -0.331 e. The number of nitrogens with zero attached hydrogens (tertiary/aromatic N) is 4. The van der Waals surface area contributed by atoms with Crippen LogP contribution in [-0.4, -0.2) is 25.4 Å². The summed E-state index contributed by atoms with van der Waals surface area (Å²) >= 11 is 0. The summed E-state index contributed by atoms with van der Waals surface area (Å²) in [6.45, 7) is 1.89. The van der Waals surface area contributed by atoms with E-state index in [-0.39, 0.29) is 5.95 Å². The summed E-state index contributed by atoms with van der Waals surface area (Å²) in [5.41, 5.74) is 1.72. The molecule has 0 aliphatic heterocycles. The molecular weight excluding hydrogens is 350 g/mol. The highest BCUT2D eigenvalue weighted by molar-refractivity contribution is 6.01. The topological polar surface area (TPSA) is 72.7 Å². The van der Waals surface area contributed by atoms with E-state index in [1.54, 1.807) is 6.20 Å². The highest BCUT2D eigenvalue weighted by Crippen LogP contribution is 2.24. The van der Waals surface area contributed by atoms with Crippen LogP contribution < -0.4 is 5.32 Å². The molecule has 0 aliphatic rings. The lowest BCUT2D eigenvalue weighted by atomic mass is 10.1. The quantitative estimate of drug-likeness (QED) is 0.547. The van der Waals surface area contributed by atoms with Gasteiger partial charge in [-0.1, -0.05) is 42.3 Å². The Morgan fingerprint density at radius 3 is 2.79 bits per heavy atom. The van der Waals surface area contributed by atoms with Gasteiger partial charge in [0.1, 0.15) is 5.82 Å². The molecule has 138 valence electrons. The number of aryl methyl sites for hydroxylation is 1. The fourth-order valence-corrected chi connectivity index (χ4v) is 2.58. The van der Waals surface area contributed by atoms with Gasteiger partial charge in [0, 0.05) is 30.2 Å². The minimum absolute atomic E-state index is 0.112. The van der Waals surface area contributed by atoms with Crippen LogP contribution in [0.5, 0.6) is 0 Å².